The van der Waals surface area contributed by atoms with Crippen LogP contribution < -0.4 is 44.2 Å². The van der Waals surface area contributed by atoms with Gasteiger partial charge < -0.3 is 48.6 Å². The van der Waals surface area contributed by atoms with Crippen LogP contribution in [-0.4, -0.2) is 65.8 Å². The maximum absolute atomic E-state index is 14.0. The Morgan fingerprint density at radius 1 is 0.907 bits per heavy atom. The smallest absolute Gasteiger partial charge is 0.274 e. The van der Waals surface area contributed by atoms with E-state index in [2.05, 4.69) is 31.2 Å². The first kappa shape index (κ1) is 41.4. The summed E-state index contributed by atoms with van der Waals surface area (Å²) in [5.41, 5.74) is 23.9. The van der Waals surface area contributed by atoms with Gasteiger partial charge in [0.1, 0.15) is 29.7 Å². The van der Waals surface area contributed by atoms with Crippen LogP contribution in [0.25, 0.3) is 0 Å². The van der Waals surface area contributed by atoms with Gasteiger partial charge in [-0.05, 0) is 55.4 Å². The Balaban J connectivity index is 1.55. The summed E-state index contributed by atoms with van der Waals surface area (Å²) in [7, 11) is 0. The van der Waals surface area contributed by atoms with Gasteiger partial charge in [0.2, 0.25) is 23.6 Å². The molecule has 54 heavy (non-hydrogen) atoms. The Kier molecular flexibility index (Phi) is 15.9. The standard InChI is InChI=1S/C38H53FN10O5/c1-23-32(49-37(54-23)31(48-33(50)28(41)21-40)20-25-14-16-27(39)17-15-25)36(53)47-30(19-24-9-4-2-5-10-24)35(52)46-29(13-8-18-44-38(42)43)34(51)45-22-26-11-6-3-7-12-26/h3,6-7,11-12,14-17,24,28-31H,2,4-5,8-10,13,18-22,40-41H2,1H3,(H,45,51)(H,46,52)(H,47,53)(H,48,50)(H4,42,43,44)/t28?,29-,30-,31-/m0/s1. The quantitative estimate of drug-likeness (QED) is 0.0500. The third kappa shape index (κ3) is 12.9. The average Bonchev–Trinajstić information content (AvgIpc) is 3.57. The summed E-state index contributed by atoms with van der Waals surface area (Å²) in [6.07, 6.45) is 6.10. The molecule has 0 bridgehead atoms. The highest BCUT2D eigenvalue weighted by Crippen LogP contribution is 2.28. The summed E-state index contributed by atoms with van der Waals surface area (Å²) in [6, 6.07) is 11.3. The normalized spacial score (nSPS) is 15.3. The van der Waals surface area contributed by atoms with Crippen LogP contribution in [0.1, 0.15) is 90.7 Å². The number of aromatic nitrogens is 1. The summed E-state index contributed by atoms with van der Waals surface area (Å²) in [6.45, 7) is 1.96. The van der Waals surface area contributed by atoms with Gasteiger partial charge >= 0.3 is 0 Å². The van der Waals surface area contributed by atoms with Crippen molar-refractivity contribution in [3.05, 3.63) is 88.9 Å². The van der Waals surface area contributed by atoms with Crippen LogP contribution in [0.15, 0.2) is 64.0 Å². The Morgan fingerprint density at radius 2 is 1.61 bits per heavy atom. The predicted octanol–water partition coefficient (Wildman–Crippen LogP) is 1.73. The minimum absolute atomic E-state index is 0.0174. The Morgan fingerprint density at radius 3 is 2.28 bits per heavy atom. The molecule has 292 valence electrons. The van der Waals surface area contributed by atoms with E-state index in [0.29, 0.717) is 18.4 Å². The number of amides is 4. The van der Waals surface area contributed by atoms with Crippen molar-refractivity contribution in [1.29, 1.82) is 0 Å². The summed E-state index contributed by atoms with van der Waals surface area (Å²) < 4.78 is 19.5. The molecule has 1 heterocycles. The van der Waals surface area contributed by atoms with E-state index < -0.39 is 47.7 Å². The summed E-state index contributed by atoms with van der Waals surface area (Å²) >= 11 is 0. The van der Waals surface area contributed by atoms with E-state index in [1.807, 2.05) is 30.3 Å². The second kappa shape index (κ2) is 20.8. The van der Waals surface area contributed by atoms with Gasteiger partial charge in [0.25, 0.3) is 5.91 Å². The number of rotatable bonds is 19. The maximum atomic E-state index is 14.0. The van der Waals surface area contributed by atoms with Crippen molar-refractivity contribution < 1.29 is 28.0 Å². The number of guanidine groups is 1. The van der Waals surface area contributed by atoms with Gasteiger partial charge in [0, 0.05) is 26.1 Å². The van der Waals surface area contributed by atoms with Crippen LogP contribution in [-0.2, 0) is 27.3 Å². The van der Waals surface area contributed by atoms with Crippen molar-refractivity contribution in [2.45, 2.75) is 95.4 Å². The van der Waals surface area contributed by atoms with E-state index in [0.717, 1.165) is 37.7 Å². The topological polar surface area (TPSA) is 259 Å². The van der Waals surface area contributed by atoms with Crippen LogP contribution in [0.2, 0.25) is 0 Å². The van der Waals surface area contributed by atoms with Crippen molar-refractivity contribution in [3.8, 4) is 0 Å². The highest BCUT2D eigenvalue weighted by atomic mass is 19.1. The number of benzene rings is 2. The van der Waals surface area contributed by atoms with Crippen molar-refractivity contribution >= 4 is 29.6 Å². The lowest BCUT2D eigenvalue weighted by molar-refractivity contribution is -0.130. The molecular weight excluding hydrogens is 695 g/mol. The fraction of sp³-hybridized carbons (Fsp3) is 0.474. The molecule has 1 aromatic heterocycles. The van der Waals surface area contributed by atoms with Gasteiger partial charge in [0.15, 0.2) is 11.7 Å². The number of oxazole rings is 1. The molecule has 2 aromatic carbocycles. The number of nitrogens with zero attached hydrogens (tertiary/aromatic N) is 2. The van der Waals surface area contributed by atoms with Crippen LogP contribution in [0.3, 0.4) is 0 Å². The number of aryl methyl sites for hydroxylation is 1. The monoisotopic (exact) mass is 748 g/mol. The van der Waals surface area contributed by atoms with Crippen molar-refractivity contribution in [1.82, 2.24) is 26.3 Å². The molecular formula is C38H53FN10O5. The molecule has 1 aliphatic carbocycles. The van der Waals surface area contributed by atoms with E-state index in [4.69, 9.17) is 27.4 Å². The molecule has 4 amide bonds. The number of nitrogens with one attached hydrogen (secondary N) is 4. The van der Waals surface area contributed by atoms with Crippen molar-refractivity contribution in [3.63, 3.8) is 0 Å². The van der Waals surface area contributed by atoms with Crippen LogP contribution in [0.5, 0.6) is 0 Å². The first-order valence-electron chi connectivity index (χ1n) is 18.4. The van der Waals surface area contributed by atoms with E-state index in [1.54, 1.807) is 19.1 Å². The molecule has 1 unspecified atom stereocenters. The lowest BCUT2D eigenvalue weighted by Gasteiger charge is -2.28. The van der Waals surface area contributed by atoms with Crippen LogP contribution in [0.4, 0.5) is 4.39 Å². The van der Waals surface area contributed by atoms with E-state index in [9.17, 15) is 23.6 Å². The summed E-state index contributed by atoms with van der Waals surface area (Å²) in [5.74, 6) is -2.28. The van der Waals surface area contributed by atoms with Crippen LogP contribution in [0, 0.1) is 18.7 Å². The molecule has 12 N–H and O–H groups in total. The molecule has 0 saturated heterocycles. The first-order chi connectivity index (χ1) is 25.9. The largest absolute Gasteiger partial charge is 0.443 e. The SMILES string of the molecule is Cc1oc([C@H](Cc2ccc(F)cc2)NC(=O)C(N)CN)nc1C(=O)N[C@@H](CC1CCCCC1)C(=O)N[C@@H](CCCN=C(N)N)C(=O)NCc1ccccc1. The molecule has 1 fully saturated rings. The van der Waals surface area contributed by atoms with Crippen molar-refractivity contribution in [2.24, 2.45) is 33.8 Å². The van der Waals surface area contributed by atoms with Gasteiger partial charge in [-0.2, -0.15) is 0 Å². The molecule has 15 nitrogen and oxygen atoms in total. The molecule has 1 saturated carbocycles. The van der Waals surface area contributed by atoms with E-state index in [1.165, 1.54) is 12.1 Å². The van der Waals surface area contributed by atoms with E-state index in [-0.39, 0.29) is 67.6 Å². The highest BCUT2D eigenvalue weighted by molar-refractivity contribution is 5.97. The molecule has 3 aromatic rings. The number of carbonyl (C=O) groups excluding carboxylic acids is 4. The van der Waals surface area contributed by atoms with Crippen molar-refractivity contribution in [2.75, 3.05) is 13.1 Å². The zero-order valence-corrected chi connectivity index (χ0v) is 30.7. The molecule has 16 heteroatoms. The summed E-state index contributed by atoms with van der Waals surface area (Å²) in [5, 5.41) is 11.4. The minimum Gasteiger partial charge on any atom is -0.443 e. The molecule has 4 atom stereocenters. The van der Waals surface area contributed by atoms with Gasteiger partial charge in [-0.25, -0.2) is 9.37 Å². The average molecular weight is 749 g/mol. The Labute approximate surface area is 314 Å². The third-order valence-corrected chi connectivity index (χ3v) is 9.39. The Hall–Kier alpha value is -5.35. The molecule has 4 rings (SSSR count). The fourth-order valence-electron chi connectivity index (χ4n) is 6.39. The van der Waals surface area contributed by atoms with Gasteiger partial charge in [-0.15, -0.1) is 0 Å². The number of nitrogens with two attached hydrogens (primary N) is 4. The van der Waals surface area contributed by atoms with Crippen LogP contribution >= 0.6 is 0 Å². The zero-order chi connectivity index (χ0) is 39.0. The second-order valence-electron chi connectivity index (χ2n) is 13.7. The molecule has 0 spiro atoms. The minimum atomic E-state index is -1.01. The lowest BCUT2D eigenvalue weighted by atomic mass is 9.84. The number of aliphatic imine (C=N–C) groups is 1. The van der Waals surface area contributed by atoms with Gasteiger partial charge in [-0.1, -0.05) is 74.6 Å². The lowest BCUT2D eigenvalue weighted by Crippen LogP contribution is -2.54. The second-order valence-corrected chi connectivity index (χ2v) is 13.7. The highest BCUT2D eigenvalue weighted by Gasteiger charge is 2.32. The molecule has 0 radical (unpaired) electrons. The maximum Gasteiger partial charge on any atom is 0.274 e. The fourth-order valence-corrected chi connectivity index (χ4v) is 6.39. The van der Waals surface area contributed by atoms with E-state index >= 15 is 0 Å². The molecule has 0 aliphatic heterocycles. The zero-order valence-electron chi connectivity index (χ0n) is 30.7. The third-order valence-electron chi connectivity index (χ3n) is 9.39. The number of halogens is 1. The van der Waals surface area contributed by atoms with Gasteiger partial charge in [0.05, 0.1) is 6.04 Å². The van der Waals surface area contributed by atoms with Gasteiger partial charge in [-0.3, -0.25) is 24.2 Å². The number of carbonyl (C=O) groups is 4. The Bertz CT molecular complexity index is 1710. The first-order valence-corrected chi connectivity index (χ1v) is 18.4. The predicted molar refractivity (Wildman–Crippen MR) is 202 cm³/mol. The molecule has 1 aliphatic rings. The number of hydrogen-bond acceptors (Lipinski definition) is 9. The summed E-state index contributed by atoms with van der Waals surface area (Å²) in [4.78, 5) is 62.6. The number of hydrogen-bond donors (Lipinski definition) is 8.